The number of rotatable bonds is 3. The molecule has 0 fully saturated rings. The van der Waals surface area contributed by atoms with Crippen LogP contribution in [0.2, 0.25) is 0 Å². The lowest BCUT2D eigenvalue weighted by Gasteiger charge is -2.07. The van der Waals surface area contributed by atoms with Crippen LogP contribution in [0.5, 0.6) is 0 Å². The minimum Gasteiger partial charge on any atom is -0.334 e. The van der Waals surface area contributed by atoms with Crippen molar-refractivity contribution in [2.24, 2.45) is 0 Å². The average molecular weight is 406 g/mol. The zero-order chi connectivity index (χ0) is 14.0. The molecule has 0 spiro atoms. The van der Waals surface area contributed by atoms with Crippen LogP contribution in [-0.2, 0) is 5.75 Å². The zero-order valence-corrected chi connectivity index (χ0v) is 13.9. The fraction of sp³-hybridized carbons (Fsp3) is 0.182. The number of nitrogens with two attached hydrogens (primary N) is 1. The number of hydrogen-bond acceptors (Lipinski definition) is 5. The van der Waals surface area contributed by atoms with Crippen LogP contribution < -0.4 is 11.4 Å². The molecular weight excluding hydrogens is 396 g/mol. The van der Waals surface area contributed by atoms with Gasteiger partial charge in [0.25, 0.3) is 5.56 Å². The van der Waals surface area contributed by atoms with Crippen LogP contribution in [0.4, 0.5) is 0 Å². The first-order valence-corrected chi connectivity index (χ1v) is 7.84. The van der Waals surface area contributed by atoms with Crippen molar-refractivity contribution < 1.29 is 0 Å². The molecule has 100 valence electrons. The second kappa shape index (κ2) is 6.06. The minimum absolute atomic E-state index is 0.289. The second-order valence-corrected chi connectivity index (χ2v) is 6.48. The summed E-state index contributed by atoms with van der Waals surface area (Å²) in [6.45, 7) is 1.58. The van der Waals surface area contributed by atoms with E-state index in [2.05, 4.69) is 42.1 Å². The molecule has 19 heavy (non-hydrogen) atoms. The van der Waals surface area contributed by atoms with Gasteiger partial charge >= 0.3 is 0 Å². The lowest BCUT2D eigenvalue weighted by molar-refractivity contribution is 0.681. The van der Waals surface area contributed by atoms with E-state index in [0.717, 1.165) is 19.2 Å². The molecule has 0 atom stereocenters. The fourth-order valence-corrected chi connectivity index (χ4v) is 3.58. The number of aryl methyl sites for hydroxylation is 1. The van der Waals surface area contributed by atoms with Gasteiger partial charge in [0, 0.05) is 14.7 Å². The van der Waals surface area contributed by atoms with Crippen molar-refractivity contribution in [1.82, 2.24) is 14.9 Å². The Morgan fingerprint density at radius 2 is 2.11 bits per heavy atom. The predicted octanol–water partition coefficient (Wildman–Crippen LogP) is 2.48. The third-order valence-corrected chi connectivity index (χ3v) is 4.62. The number of thioether (sulfide) groups is 1. The maximum atomic E-state index is 11.6. The normalized spacial score (nSPS) is 10.7. The molecule has 0 aliphatic heterocycles. The summed E-state index contributed by atoms with van der Waals surface area (Å²) in [4.78, 5) is 11.6. The Balaban J connectivity index is 2.19. The van der Waals surface area contributed by atoms with Crippen LogP contribution in [0, 0.1) is 6.92 Å². The van der Waals surface area contributed by atoms with E-state index in [1.807, 2.05) is 18.2 Å². The van der Waals surface area contributed by atoms with E-state index in [4.69, 9.17) is 5.84 Å². The standard InChI is InChI=1S/C11H10Br2N4OS/c1-6-10(18)17(14)11(16-15-6)19-5-7-2-3-8(12)4-9(7)13/h2-4H,5,14H2,1H3. The van der Waals surface area contributed by atoms with Gasteiger partial charge in [-0.05, 0) is 24.6 Å². The van der Waals surface area contributed by atoms with Gasteiger partial charge in [0.1, 0.15) is 5.69 Å². The van der Waals surface area contributed by atoms with Gasteiger partial charge in [-0.25, -0.2) is 0 Å². The number of aromatic nitrogens is 3. The summed E-state index contributed by atoms with van der Waals surface area (Å²) in [5.74, 6) is 6.31. The van der Waals surface area contributed by atoms with Gasteiger partial charge in [0.15, 0.2) is 0 Å². The van der Waals surface area contributed by atoms with Gasteiger partial charge in [-0.15, -0.1) is 10.2 Å². The molecule has 0 amide bonds. The highest BCUT2D eigenvalue weighted by Gasteiger charge is 2.09. The highest BCUT2D eigenvalue weighted by atomic mass is 79.9. The summed E-state index contributed by atoms with van der Waals surface area (Å²) in [7, 11) is 0. The number of benzene rings is 1. The molecule has 0 aliphatic carbocycles. The van der Waals surface area contributed by atoms with Crippen molar-refractivity contribution in [2.45, 2.75) is 17.8 Å². The average Bonchev–Trinajstić information content (AvgIpc) is 2.37. The summed E-state index contributed by atoms with van der Waals surface area (Å²) in [5, 5.41) is 8.11. The van der Waals surface area contributed by atoms with Crippen LogP contribution in [-0.4, -0.2) is 14.9 Å². The largest absolute Gasteiger partial charge is 0.334 e. The van der Waals surface area contributed by atoms with Crippen molar-refractivity contribution in [3.8, 4) is 0 Å². The highest BCUT2D eigenvalue weighted by molar-refractivity contribution is 9.11. The van der Waals surface area contributed by atoms with Crippen LogP contribution in [0.15, 0.2) is 37.1 Å². The smallest absolute Gasteiger partial charge is 0.294 e. The first kappa shape index (κ1) is 14.5. The number of hydrogen-bond donors (Lipinski definition) is 1. The van der Waals surface area contributed by atoms with Gasteiger partial charge in [0.2, 0.25) is 5.16 Å². The Morgan fingerprint density at radius 3 is 2.79 bits per heavy atom. The van der Waals surface area contributed by atoms with Gasteiger partial charge in [-0.2, -0.15) is 4.68 Å². The molecule has 0 saturated carbocycles. The SMILES string of the molecule is Cc1nnc(SCc2ccc(Br)cc2Br)n(N)c1=O. The van der Waals surface area contributed by atoms with E-state index in [1.54, 1.807) is 6.92 Å². The van der Waals surface area contributed by atoms with Crippen LogP contribution in [0.1, 0.15) is 11.3 Å². The molecule has 0 unspecified atom stereocenters. The molecular formula is C11H10Br2N4OS. The van der Waals surface area contributed by atoms with E-state index < -0.39 is 0 Å². The molecule has 0 radical (unpaired) electrons. The van der Waals surface area contributed by atoms with Crippen LogP contribution in [0.25, 0.3) is 0 Å². The first-order chi connectivity index (χ1) is 8.99. The van der Waals surface area contributed by atoms with Crippen LogP contribution in [0.3, 0.4) is 0 Å². The summed E-state index contributed by atoms with van der Waals surface area (Å²) >= 11 is 8.25. The van der Waals surface area contributed by atoms with Gasteiger partial charge < -0.3 is 5.84 Å². The lowest BCUT2D eigenvalue weighted by atomic mass is 10.2. The van der Waals surface area contributed by atoms with Crippen molar-refractivity contribution >= 4 is 43.6 Å². The second-order valence-electron chi connectivity index (χ2n) is 3.77. The monoisotopic (exact) mass is 404 g/mol. The Bertz CT molecular complexity index is 674. The first-order valence-electron chi connectivity index (χ1n) is 5.27. The summed E-state index contributed by atoms with van der Waals surface area (Å²) in [6, 6.07) is 5.91. The van der Waals surface area contributed by atoms with Crippen molar-refractivity contribution in [3.63, 3.8) is 0 Å². The minimum atomic E-state index is -0.327. The maximum absolute atomic E-state index is 11.6. The van der Waals surface area contributed by atoms with Gasteiger partial charge in [-0.1, -0.05) is 49.7 Å². The van der Waals surface area contributed by atoms with Gasteiger partial charge in [0.05, 0.1) is 0 Å². The van der Waals surface area contributed by atoms with E-state index in [0.29, 0.717) is 10.9 Å². The van der Waals surface area contributed by atoms with Crippen molar-refractivity contribution in [2.75, 3.05) is 5.84 Å². The Kier molecular flexibility index (Phi) is 4.64. The Hall–Kier alpha value is -0.860. The molecule has 2 rings (SSSR count). The zero-order valence-electron chi connectivity index (χ0n) is 9.93. The molecule has 5 nitrogen and oxygen atoms in total. The fourth-order valence-electron chi connectivity index (χ4n) is 1.35. The van der Waals surface area contributed by atoms with E-state index in [9.17, 15) is 4.79 Å². The summed E-state index contributed by atoms with van der Waals surface area (Å²) in [5.41, 5.74) is 1.05. The van der Waals surface area contributed by atoms with E-state index in [1.165, 1.54) is 11.8 Å². The molecule has 0 aliphatic rings. The molecule has 1 heterocycles. The Labute approximate surface area is 130 Å². The number of nitrogens with zero attached hydrogens (tertiary/aromatic N) is 3. The summed E-state index contributed by atoms with van der Waals surface area (Å²) in [6.07, 6.45) is 0. The van der Waals surface area contributed by atoms with Crippen molar-refractivity contribution in [1.29, 1.82) is 0 Å². The highest BCUT2D eigenvalue weighted by Crippen LogP contribution is 2.27. The van der Waals surface area contributed by atoms with E-state index >= 15 is 0 Å². The quantitative estimate of drug-likeness (QED) is 0.627. The third kappa shape index (κ3) is 3.37. The summed E-state index contributed by atoms with van der Waals surface area (Å²) < 4.78 is 3.01. The number of nitrogen functional groups attached to an aromatic ring is 1. The molecule has 2 N–H and O–H groups in total. The van der Waals surface area contributed by atoms with E-state index in [-0.39, 0.29) is 11.3 Å². The maximum Gasteiger partial charge on any atom is 0.294 e. The lowest BCUT2D eigenvalue weighted by Crippen LogP contribution is -2.32. The molecule has 1 aromatic carbocycles. The molecule has 0 bridgehead atoms. The molecule has 8 heteroatoms. The molecule has 0 saturated heterocycles. The topological polar surface area (TPSA) is 73.8 Å². The number of halogens is 2. The van der Waals surface area contributed by atoms with Gasteiger partial charge in [-0.3, -0.25) is 4.79 Å². The Morgan fingerprint density at radius 1 is 1.37 bits per heavy atom. The molecule has 2 aromatic rings. The van der Waals surface area contributed by atoms with Crippen molar-refractivity contribution in [3.05, 3.63) is 48.8 Å². The van der Waals surface area contributed by atoms with Crippen LogP contribution >= 0.6 is 43.6 Å². The molecule has 1 aromatic heterocycles. The third-order valence-electron chi connectivity index (χ3n) is 2.39. The predicted molar refractivity (Wildman–Crippen MR) is 82.6 cm³/mol.